The van der Waals surface area contributed by atoms with E-state index in [0.717, 1.165) is 16.7 Å². The number of carbonyl (C=O) groups is 2. The Kier molecular flexibility index (Phi) is 8.05. The summed E-state index contributed by atoms with van der Waals surface area (Å²) in [6.45, 7) is 8.59. The van der Waals surface area contributed by atoms with Crippen molar-refractivity contribution in [2.24, 2.45) is 0 Å². The number of aryl methyl sites for hydroxylation is 2. The van der Waals surface area contributed by atoms with Gasteiger partial charge in [0.2, 0.25) is 5.91 Å². The van der Waals surface area contributed by atoms with Crippen LogP contribution in [0.1, 0.15) is 37.0 Å². The summed E-state index contributed by atoms with van der Waals surface area (Å²) in [5.74, 6) is 0.296. The largest absolute Gasteiger partial charge is 0.484 e. The second kappa shape index (κ2) is 10.5. The predicted octanol–water partition coefficient (Wildman–Crippen LogP) is 3.63. The lowest BCUT2D eigenvalue weighted by Gasteiger charge is -2.31. The van der Waals surface area contributed by atoms with Gasteiger partial charge >= 0.3 is 0 Å². The Morgan fingerprint density at radius 3 is 2.32 bits per heavy atom. The summed E-state index contributed by atoms with van der Waals surface area (Å²) in [5.41, 5.74) is 3.24. The Balaban J connectivity index is 2.20. The maximum absolute atomic E-state index is 13.0. The Morgan fingerprint density at radius 1 is 1.04 bits per heavy atom. The van der Waals surface area contributed by atoms with Crippen LogP contribution in [0, 0.1) is 13.8 Å². The molecule has 5 heteroatoms. The molecule has 150 valence electrons. The van der Waals surface area contributed by atoms with E-state index < -0.39 is 6.04 Å². The average molecular weight is 383 g/mol. The molecule has 0 bridgehead atoms. The molecular weight excluding hydrogens is 352 g/mol. The maximum Gasteiger partial charge on any atom is 0.261 e. The molecule has 5 nitrogen and oxygen atoms in total. The normalized spacial score (nSPS) is 11.6. The van der Waals surface area contributed by atoms with Gasteiger partial charge in [-0.25, -0.2) is 0 Å². The van der Waals surface area contributed by atoms with Crippen LogP contribution in [0.25, 0.3) is 0 Å². The summed E-state index contributed by atoms with van der Waals surface area (Å²) in [5, 5.41) is 2.84. The molecule has 0 spiro atoms. The van der Waals surface area contributed by atoms with Gasteiger partial charge in [-0.1, -0.05) is 48.9 Å². The van der Waals surface area contributed by atoms with Crippen molar-refractivity contribution in [3.8, 4) is 5.75 Å². The molecule has 1 atom stereocenters. The highest BCUT2D eigenvalue weighted by atomic mass is 16.5. The number of nitrogens with zero attached hydrogens (tertiary/aromatic N) is 1. The fraction of sp³-hybridized carbons (Fsp3) is 0.391. The Bertz CT molecular complexity index is 787. The highest BCUT2D eigenvalue weighted by Gasteiger charge is 2.28. The molecule has 28 heavy (non-hydrogen) atoms. The van der Waals surface area contributed by atoms with Gasteiger partial charge in [-0.05, 0) is 50.5 Å². The van der Waals surface area contributed by atoms with E-state index in [1.54, 1.807) is 4.90 Å². The quantitative estimate of drug-likeness (QED) is 0.721. The minimum atomic E-state index is -0.534. The molecule has 2 aromatic carbocycles. The standard InChI is InChI=1S/C23H30N2O3/c1-5-21(23(27)24-6-2)25(15-19-10-8-7-9-18(19)4)22(26)16-28-20-13-11-17(3)12-14-20/h7-14,21H,5-6,15-16H2,1-4H3,(H,24,27). The van der Waals surface area contributed by atoms with E-state index >= 15 is 0 Å². The van der Waals surface area contributed by atoms with Gasteiger partial charge in [-0.3, -0.25) is 9.59 Å². The van der Waals surface area contributed by atoms with Crippen molar-refractivity contribution >= 4 is 11.8 Å². The molecule has 0 aliphatic rings. The SMILES string of the molecule is CCNC(=O)C(CC)N(Cc1ccccc1C)C(=O)COc1ccc(C)cc1. The van der Waals surface area contributed by atoms with Crippen LogP contribution < -0.4 is 10.1 Å². The van der Waals surface area contributed by atoms with Crippen LogP contribution in [0.4, 0.5) is 0 Å². The molecule has 0 heterocycles. The fourth-order valence-electron chi connectivity index (χ4n) is 3.05. The first kappa shape index (κ1) is 21.5. The van der Waals surface area contributed by atoms with Crippen molar-refractivity contribution < 1.29 is 14.3 Å². The number of carbonyl (C=O) groups excluding carboxylic acids is 2. The molecule has 0 aliphatic carbocycles. The Labute approximate surface area is 167 Å². The van der Waals surface area contributed by atoms with Gasteiger partial charge in [0.15, 0.2) is 6.61 Å². The third-order valence-electron chi connectivity index (χ3n) is 4.72. The van der Waals surface area contributed by atoms with E-state index in [1.807, 2.05) is 76.2 Å². The predicted molar refractivity (Wildman–Crippen MR) is 111 cm³/mol. The molecule has 1 unspecified atom stereocenters. The smallest absolute Gasteiger partial charge is 0.261 e. The zero-order valence-corrected chi connectivity index (χ0v) is 17.2. The Hall–Kier alpha value is -2.82. The zero-order valence-electron chi connectivity index (χ0n) is 17.2. The zero-order chi connectivity index (χ0) is 20.5. The van der Waals surface area contributed by atoms with Crippen molar-refractivity contribution in [1.82, 2.24) is 10.2 Å². The molecule has 0 radical (unpaired) electrons. The molecule has 0 saturated carbocycles. The summed E-state index contributed by atoms with van der Waals surface area (Å²) in [7, 11) is 0. The third-order valence-corrected chi connectivity index (χ3v) is 4.72. The maximum atomic E-state index is 13.0. The lowest BCUT2D eigenvalue weighted by molar-refractivity contribution is -0.142. The lowest BCUT2D eigenvalue weighted by Crippen LogP contribution is -2.50. The number of amides is 2. The second-order valence-electron chi connectivity index (χ2n) is 6.87. The van der Waals surface area contributed by atoms with Gasteiger partial charge in [-0.2, -0.15) is 0 Å². The van der Waals surface area contributed by atoms with Crippen molar-refractivity contribution in [1.29, 1.82) is 0 Å². The number of hydrogen-bond acceptors (Lipinski definition) is 3. The molecule has 1 N–H and O–H groups in total. The van der Waals surface area contributed by atoms with Crippen molar-refractivity contribution in [2.75, 3.05) is 13.2 Å². The summed E-state index contributed by atoms with van der Waals surface area (Å²) >= 11 is 0. The van der Waals surface area contributed by atoms with E-state index in [1.165, 1.54) is 0 Å². The summed E-state index contributed by atoms with van der Waals surface area (Å²) in [6.07, 6.45) is 0.536. The van der Waals surface area contributed by atoms with Gasteiger partial charge in [0.05, 0.1) is 0 Å². The van der Waals surface area contributed by atoms with Crippen LogP contribution in [-0.2, 0) is 16.1 Å². The molecule has 0 fully saturated rings. The summed E-state index contributed by atoms with van der Waals surface area (Å²) in [6, 6.07) is 14.9. The Morgan fingerprint density at radius 2 is 1.71 bits per heavy atom. The highest BCUT2D eigenvalue weighted by Crippen LogP contribution is 2.17. The topological polar surface area (TPSA) is 58.6 Å². The molecule has 2 aromatic rings. The minimum absolute atomic E-state index is 0.106. The summed E-state index contributed by atoms with van der Waals surface area (Å²) in [4.78, 5) is 27.2. The second-order valence-corrected chi connectivity index (χ2v) is 6.87. The first-order chi connectivity index (χ1) is 13.5. The van der Waals surface area contributed by atoms with Crippen LogP contribution in [-0.4, -0.2) is 35.9 Å². The number of benzene rings is 2. The van der Waals surface area contributed by atoms with Gasteiger partial charge in [-0.15, -0.1) is 0 Å². The fourth-order valence-corrected chi connectivity index (χ4v) is 3.05. The number of nitrogens with one attached hydrogen (secondary N) is 1. The van der Waals surface area contributed by atoms with E-state index in [-0.39, 0.29) is 18.4 Å². The third kappa shape index (κ3) is 5.84. The number of rotatable bonds is 9. The molecular formula is C23H30N2O3. The van der Waals surface area contributed by atoms with Crippen molar-refractivity contribution in [2.45, 2.75) is 46.7 Å². The van der Waals surface area contributed by atoms with Crippen molar-refractivity contribution in [3.63, 3.8) is 0 Å². The van der Waals surface area contributed by atoms with E-state index in [2.05, 4.69) is 5.32 Å². The van der Waals surface area contributed by atoms with E-state index in [9.17, 15) is 9.59 Å². The molecule has 0 aliphatic heterocycles. The van der Waals surface area contributed by atoms with Gasteiger partial charge in [0.1, 0.15) is 11.8 Å². The van der Waals surface area contributed by atoms with Crippen molar-refractivity contribution in [3.05, 3.63) is 65.2 Å². The molecule has 2 amide bonds. The van der Waals surface area contributed by atoms with Crippen LogP contribution in [0.15, 0.2) is 48.5 Å². The molecule has 0 saturated heterocycles. The number of likely N-dealkylation sites (N-methyl/N-ethyl adjacent to an activating group) is 1. The average Bonchev–Trinajstić information content (AvgIpc) is 2.69. The number of hydrogen-bond donors (Lipinski definition) is 1. The van der Waals surface area contributed by atoms with Crippen LogP contribution in [0.3, 0.4) is 0 Å². The van der Waals surface area contributed by atoms with Gasteiger partial charge in [0, 0.05) is 13.1 Å². The first-order valence-corrected chi connectivity index (χ1v) is 9.77. The van der Waals surface area contributed by atoms with E-state index in [0.29, 0.717) is 25.3 Å². The van der Waals surface area contributed by atoms with Gasteiger partial charge < -0.3 is 15.0 Å². The first-order valence-electron chi connectivity index (χ1n) is 9.77. The monoisotopic (exact) mass is 382 g/mol. The number of ether oxygens (including phenoxy) is 1. The summed E-state index contributed by atoms with van der Waals surface area (Å²) < 4.78 is 5.68. The molecule has 2 rings (SSSR count). The van der Waals surface area contributed by atoms with Crippen LogP contribution >= 0.6 is 0 Å². The van der Waals surface area contributed by atoms with E-state index in [4.69, 9.17) is 4.74 Å². The van der Waals surface area contributed by atoms with Gasteiger partial charge in [0.25, 0.3) is 5.91 Å². The highest BCUT2D eigenvalue weighted by molar-refractivity contribution is 5.88. The minimum Gasteiger partial charge on any atom is -0.484 e. The molecule has 0 aromatic heterocycles. The van der Waals surface area contributed by atoms with Crippen LogP contribution in [0.5, 0.6) is 5.75 Å². The lowest BCUT2D eigenvalue weighted by atomic mass is 10.1. The van der Waals surface area contributed by atoms with Crippen LogP contribution in [0.2, 0.25) is 0 Å².